The molecule has 0 bridgehead atoms. The highest BCUT2D eigenvalue weighted by molar-refractivity contribution is 6.10. The van der Waals surface area contributed by atoms with E-state index in [9.17, 15) is 0 Å². The van der Waals surface area contributed by atoms with Gasteiger partial charge in [-0.15, -0.1) is 13.2 Å². The number of benzene rings is 3. The van der Waals surface area contributed by atoms with Gasteiger partial charge < -0.3 is 0 Å². The monoisotopic (exact) mass is 364 g/mol. The van der Waals surface area contributed by atoms with Crippen molar-refractivity contribution in [2.75, 3.05) is 7.05 Å². The van der Waals surface area contributed by atoms with Crippen molar-refractivity contribution in [2.45, 2.75) is 18.3 Å². The molecule has 1 nitrogen and oxygen atoms in total. The molecule has 1 heteroatoms. The fourth-order valence-corrected chi connectivity index (χ4v) is 4.62. The first-order valence-corrected chi connectivity index (χ1v) is 9.79. The van der Waals surface area contributed by atoms with Crippen molar-refractivity contribution in [3.05, 3.63) is 109 Å². The van der Waals surface area contributed by atoms with Crippen LogP contribution in [0.1, 0.15) is 24.0 Å². The van der Waals surface area contributed by atoms with Crippen LogP contribution >= 0.6 is 0 Å². The van der Waals surface area contributed by atoms with E-state index >= 15 is 0 Å². The van der Waals surface area contributed by atoms with Crippen molar-refractivity contribution >= 4 is 28.2 Å². The van der Waals surface area contributed by atoms with Gasteiger partial charge in [0.1, 0.15) is 7.05 Å². The molecule has 4 rings (SSSR count). The third-order valence-corrected chi connectivity index (χ3v) is 5.82. The predicted octanol–water partition coefficient (Wildman–Crippen LogP) is 6.67. The average molecular weight is 365 g/mol. The Morgan fingerprint density at radius 2 is 1.50 bits per heavy atom. The Hall–Kier alpha value is -3.19. The summed E-state index contributed by atoms with van der Waals surface area (Å²) in [4.78, 5) is 0. The maximum atomic E-state index is 4.09. The molecule has 3 aromatic rings. The molecule has 0 aliphatic carbocycles. The van der Waals surface area contributed by atoms with Gasteiger partial charge in [0, 0.05) is 17.7 Å². The molecule has 0 radical (unpaired) electrons. The Kier molecular flexibility index (Phi) is 4.83. The summed E-state index contributed by atoms with van der Waals surface area (Å²) >= 11 is 0. The van der Waals surface area contributed by atoms with Gasteiger partial charge >= 0.3 is 0 Å². The summed E-state index contributed by atoms with van der Waals surface area (Å²) in [5.74, 6) is 0. The maximum Gasteiger partial charge on any atom is 0.210 e. The highest BCUT2D eigenvalue weighted by atomic mass is 15.0. The Morgan fingerprint density at radius 3 is 2.21 bits per heavy atom. The van der Waals surface area contributed by atoms with Crippen LogP contribution in [0.15, 0.2) is 98.1 Å². The Bertz CT molecular complexity index is 1090. The van der Waals surface area contributed by atoms with E-state index in [1.807, 2.05) is 18.2 Å². The predicted molar refractivity (Wildman–Crippen MR) is 122 cm³/mol. The molecule has 138 valence electrons. The van der Waals surface area contributed by atoms with Crippen molar-refractivity contribution < 1.29 is 4.58 Å². The van der Waals surface area contributed by atoms with Crippen molar-refractivity contribution in [1.29, 1.82) is 0 Å². The quantitative estimate of drug-likeness (QED) is 0.339. The minimum atomic E-state index is -0.153. The second-order valence-electron chi connectivity index (χ2n) is 7.44. The third kappa shape index (κ3) is 2.84. The van der Waals surface area contributed by atoms with Gasteiger partial charge in [-0.3, -0.25) is 0 Å². The summed E-state index contributed by atoms with van der Waals surface area (Å²) in [5, 5.41) is 2.60. The molecular formula is C27H26N+. The highest BCUT2D eigenvalue weighted by Crippen LogP contribution is 2.48. The van der Waals surface area contributed by atoms with Gasteiger partial charge in [0.05, 0.1) is 5.41 Å². The molecule has 1 aliphatic heterocycles. The first kappa shape index (κ1) is 18.2. The maximum absolute atomic E-state index is 4.09. The van der Waals surface area contributed by atoms with Crippen LogP contribution in [0.3, 0.4) is 0 Å². The second kappa shape index (κ2) is 7.44. The van der Waals surface area contributed by atoms with Gasteiger partial charge in [0.25, 0.3) is 0 Å². The molecule has 0 saturated heterocycles. The van der Waals surface area contributed by atoms with Crippen molar-refractivity contribution in [3.63, 3.8) is 0 Å². The Balaban J connectivity index is 1.97. The summed E-state index contributed by atoms with van der Waals surface area (Å²) < 4.78 is 2.34. The van der Waals surface area contributed by atoms with Gasteiger partial charge in [-0.2, -0.15) is 4.58 Å². The molecule has 0 amide bonds. The highest BCUT2D eigenvalue weighted by Gasteiger charge is 2.49. The molecule has 1 aliphatic rings. The summed E-state index contributed by atoms with van der Waals surface area (Å²) in [6.07, 6.45) is 10.3. The number of fused-ring (bicyclic) bond motifs is 3. The summed E-state index contributed by atoms with van der Waals surface area (Å²) in [7, 11) is 2.17. The van der Waals surface area contributed by atoms with Crippen LogP contribution in [0.25, 0.3) is 16.8 Å². The summed E-state index contributed by atoms with van der Waals surface area (Å²) in [6, 6.07) is 23.6. The van der Waals surface area contributed by atoms with Gasteiger partial charge in [-0.1, -0.05) is 66.7 Å². The number of allylic oxidation sites excluding steroid dienone is 3. The summed E-state index contributed by atoms with van der Waals surface area (Å²) in [6.45, 7) is 8.18. The molecule has 28 heavy (non-hydrogen) atoms. The topological polar surface area (TPSA) is 3.01 Å². The standard InChI is InChI=1S/C27H26N/c1-4-19-27(20-5-2)25(18-15-21-11-7-6-8-12-21)28(3)24-17-16-22-13-9-10-14-23(22)26(24)27/h4-18H,1-2,19-20H2,3H3/q+1/b18-15+. The van der Waals surface area contributed by atoms with Crippen molar-refractivity contribution in [3.8, 4) is 0 Å². The molecule has 0 N–H and O–H groups in total. The minimum Gasteiger partial charge on any atom is -0.198 e. The van der Waals surface area contributed by atoms with E-state index in [0.717, 1.165) is 12.8 Å². The van der Waals surface area contributed by atoms with E-state index in [1.54, 1.807) is 0 Å². The fourth-order valence-electron chi connectivity index (χ4n) is 4.62. The average Bonchev–Trinajstić information content (AvgIpc) is 2.96. The third-order valence-electron chi connectivity index (χ3n) is 5.82. The number of hydrogen-bond acceptors (Lipinski definition) is 0. The van der Waals surface area contributed by atoms with Gasteiger partial charge in [0.2, 0.25) is 5.69 Å². The normalized spacial score (nSPS) is 15.2. The lowest BCUT2D eigenvalue weighted by Gasteiger charge is -2.26. The van der Waals surface area contributed by atoms with Crippen molar-refractivity contribution in [2.24, 2.45) is 0 Å². The molecule has 0 spiro atoms. The smallest absolute Gasteiger partial charge is 0.198 e. The second-order valence-corrected chi connectivity index (χ2v) is 7.44. The van der Waals surface area contributed by atoms with Crippen LogP contribution in [0.5, 0.6) is 0 Å². The van der Waals surface area contributed by atoms with Crippen molar-refractivity contribution in [1.82, 2.24) is 0 Å². The first-order chi connectivity index (χ1) is 13.7. The zero-order valence-electron chi connectivity index (χ0n) is 16.4. The van der Waals surface area contributed by atoms with E-state index in [1.165, 1.54) is 33.3 Å². The van der Waals surface area contributed by atoms with Gasteiger partial charge in [-0.25, -0.2) is 0 Å². The van der Waals surface area contributed by atoms with E-state index in [-0.39, 0.29) is 5.41 Å². The zero-order chi connectivity index (χ0) is 19.6. The number of nitrogens with zero attached hydrogens (tertiary/aromatic N) is 1. The SMILES string of the molecule is C=CCC1(CC=C)C(/C=C/c2ccccc2)=[N+](C)c2ccc3ccccc3c21. The number of rotatable bonds is 6. The van der Waals surface area contributed by atoms with Crippen LogP contribution in [0, 0.1) is 0 Å². The van der Waals surface area contributed by atoms with Gasteiger partial charge in [-0.05, 0) is 41.3 Å². The molecule has 0 fully saturated rings. The lowest BCUT2D eigenvalue weighted by Crippen LogP contribution is -2.33. The van der Waals surface area contributed by atoms with E-state index in [2.05, 4.69) is 97.6 Å². The lowest BCUT2D eigenvalue weighted by atomic mass is 9.70. The minimum absolute atomic E-state index is 0.153. The largest absolute Gasteiger partial charge is 0.210 e. The Labute approximate surface area is 167 Å². The molecule has 0 atom stereocenters. The summed E-state index contributed by atoms with van der Waals surface area (Å²) in [5.41, 5.74) is 5.01. The molecule has 3 aromatic carbocycles. The first-order valence-electron chi connectivity index (χ1n) is 9.79. The van der Waals surface area contributed by atoms with E-state index in [0.29, 0.717) is 0 Å². The zero-order valence-corrected chi connectivity index (χ0v) is 16.4. The molecular weight excluding hydrogens is 338 g/mol. The fraction of sp³-hybridized carbons (Fsp3) is 0.148. The van der Waals surface area contributed by atoms with Crippen LogP contribution in [-0.2, 0) is 5.41 Å². The van der Waals surface area contributed by atoms with Gasteiger partial charge in [0.15, 0.2) is 5.71 Å². The van der Waals surface area contributed by atoms with Crippen LogP contribution in [-0.4, -0.2) is 17.3 Å². The number of hydrogen-bond donors (Lipinski definition) is 0. The van der Waals surface area contributed by atoms with E-state index < -0.39 is 0 Å². The van der Waals surface area contributed by atoms with Crippen LogP contribution < -0.4 is 0 Å². The van der Waals surface area contributed by atoms with Crippen LogP contribution in [0.2, 0.25) is 0 Å². The molecule has 0 unspecified atom stereocenters. The lowest BCUT2D eigenvalue weighted by molar-refractivity contribution is -0.401. The molecule has 1 heterocycles. The van der Waals surface area contributed by atoms with E-state index in [4.69, 9.17) is 0 Å². The van der Waals surface area contributed by atoms with Crippen LogP contribution in [0.4, 0.5) is 5.69 Å². The Morgan fingerprint density at radius 1 is 0.821 bits per heavy atom. The molecule has 0 aromatic heterocycles. The molecule has 0 saturated carbocycles.